The van der Waals surface area contributed by atoms with E-state index < -0.39 is 0 Å². The van der Waals surface area contributed by atoms with Gasteiger partial charge in [-0.25, -0.2) is 0 Å². The molecular formula is C10H8INO. The first kappa shape index (κ1) is 8.74. The lowest BCUT2D eigenvalue weighted by Crippen LogP contribution is -1.90. The van der Waals surface area contributed by atoms with Gasteiger partial charge >= 0.3 is 0 Å². The first-order valence-electron chi connectivity index (χ1n) is 3.94. The number of hydrogen-bond donors (Lipinski definition) is 0. The summed E-state index contributed by atoms with van der Waals surface area (Å²) in [5, 5.41) is 1.07. The number of alkyl halides is 1. The van der Waals surface area contributed by atoms with Gasteiger partial charge in [0.2, 0.25) is 0 Å². The van der Waals surface area contributed by atoms with Crippen LogP contribution in [0.3, 0.4) is 0 Å². The fraction of sp³-hybridized carbons (Fsp3) is 0.100. The van der Waals surface area contributed by atoms with Crippen molar-refractivity contribution in [1.82, 2.24) is 4.98 Å². The van der Waals surface area contributed by atoms with Crippen molar-refractivity contribution < 1.29 is 4.74 Å². The molecular weight excluding hydrogens is 277 g/mol. The number of hydrogen-bond acceptors (Lipinski definition) is 2. The van der Waals surface area contributed by atoms with Crippen molar-refractivity contribution in [3.63, 3.8) is 0 Å². The van der Waals surface area contributed by atoms with E-state index in [9.17, 15) is 0 Å². The van der Waals surface area contributed by atoms with E-state index in [-0.39, 0.29) is 0 Å². The first-order chi connectivity index (χ1) is 6.42. The van der Waals surface area contributed by atoms with Gasteiger partial charge in [-0.15, -0.1) is 0 Å². The van der Waals surface area contributed by atoms with E-state index in [1.54, 1.807) is 6.20 Å². The number of nitrogens with zero attached hydrogens (tertiary/aromatic N) is 1. The molecule has 0 saturated heterocycles. The molecule has 1 aromatic heterocycles. The van der Waals surface area contributed by atoms with Crippen LogP contribution in [0.4, 0.5) is 0 Å². The Hall–Kier alpha value is -0.840. The van der Waals surface area contributed by atoms with E-state index >= 15 is 0 Å². The average molecular weight is 285 g/mol. The highest BCUT2D eigenvalue weighted by Gasteiger charge is 1.99. The Balaban J connectivity index is 2.61. The quantitative estimate of drug-likeness (QED) is 0.625. The zero-order valence-corrected chi connectivity index (χ0v) is 9.06. The molecule has 0 unspecified atom stereocenters. The normalized spacial score (nSPS) is 10.2. The van der Waals surface area contributed by atoms with Crippen molar-refractivity contribution in [3.05, 3.63) is 36.5 Å². The molecule has 2 aromatic rings. The molecule has 0 aliphatic carbocycles. The second kappa shape index (κ2) is 3.91. The zero-order valence-electron chi connectivity index (χ0n) is 6.90. The largest absolute Gasteiger partial charge is 0.483 e. The maximum absolute atomic E-state index is 5.47. The summed E-state index contributed by atoms with van der Waals surface area (Å²) in [4.78, 5) is 4.24. The SMILES string of the molecule is ICOc1ccnc2ccccc12. The number of halogens is 1. The fourth-order valence-corrected chi connectivity index (χ4v) is 1.59. The van der Waals surface area contributed by atoms with Gasteiger partial charge in [0.15, 0.2) is 0 Å². The molecule has 0 aliphatic rings. The van der Waals surface area contributed by atoms with Crippen molar-refractivity contribution in [2.75, 3.05) is 4.61 Å². The highest BCUT2D eigenvalue weighted by Crippen LogP contribution is 2.23. The van der Waals surface area contributed by atoms with Crippen LogP contribution in [-0.2, 0) is 0 Å². The Morgan fingerprint density at radius 1 is 1.23 bits per heavy atom. The molecule has 0 aliphatic heterocycles. The Morgan fingerprint density at radius 3 is 2.92 bits per heavy atom. The third-order valence-corrected chi connectivity index (χ3v) is 2.13. The number of rotatable bonds is 2. The highest BCUT2D eigenvalue weighted by molar-refractivity contribution is 14.1. The number of para-hydroxylation sites is 1. The lowest BCUT2D eigenvalue weighted by molar-refractivity contribution is 0.409. The smallest absolute Gasteiger partial charge is 0.139 e. The molecule has 0 fully saturated rings. The van der Waals surface area contributed by atoms with Crippen molar-refractivity contribution in [1.29, 1.82) is 0 Å². The van der Waals surface area contributed by atoms with Crippen molar-refractivity contribution in [2.24, 2.45) is 0 Å². The van der Waals surface area contributed by atoms with Crippen molar-refractivity contribution >= 4 is 33.5 Å². The molecule has 1 aromatic carbocycles. The summed E-state index contributed by atoms with van der Waals surface area (Å²) in [6.45, 7) is 0. The van der Waals surface area contributed by atoms with Crippen molar-refractivity contribution in [3.8, 4) is 5.75 Å². The summed E-state index contributed by atoms with van der Waals surface area (Å²) < 4.78 is 6.12. The van der Waals surface area contributed by atoms with E-state index in [0.717, 1.165) is 16.7 Å². The minimum Gasteiger partial charge on any atom is -0.483 e. The fourth-order valence-electron chi connectivity index (χ4n) is 1.25. The molecule has 0 atom stereocenters. The lowest BCUT2D eigenvalue weighted by atomic mass is 10.2. The Morgan fingerprint density at radius 2 is 2.08 bits per heavy atom. The van der Waals surface area contributed by atoms with Gasteiger partial charge in [-0.05, 0) is 40.8 Å². The van der Waals surface area contributed by atoms with Gasteiger partial charge in [0.05, 0.1) is 5.52 Å². The van der Waals surface area contributed by atoms with E-state index in [1.807, 2.05) is 30.3 Å². The highest BCUT2D eigenvalue weighted by atomic mass is 127. The minimum absolute atomic E-state index is 0.658. The van der Waals surface area contributed by atoms with E-state index in [1.165, 1.54) is 0 Å². The van der Waals surface area contributed by atoms with Crippen LogP contribution >= 0.6 is 22.6 Å². The summed E-state index contributed by atoms with van der Waals surface area (Å²) in [5.74, 6) is 0.903. The molecule has 3 heteroatoms. The van der Waals surface area contributed by atoms with E-state index in [0.29, 0.717) is 4.61 Å². The summed E-state index contributed by atoms with van der Waals surface area (Å²) in [7, 11) is 0. The standard InChI is InChI=1S/C10H8INO/c11-7-13-10-5-6-12-9-4-2-1-3-8(9)10/h1-6H,7H2. The molecule has 0 amide bonds. The van der Waals surface area contributed by atoms with Crippen LogP contribution in [0.25, 0.3) is 10.9 Å². The molecule has 0 saturated carbocycles. The lowest BCUT2D eigenvalue weighted by Gasteiger charge is -2.04. The summed E-state index contributed by atoms with van der Waals surface area (Å²) >= 11 is 2.18. The van der Waals surface area contributed by atoms with Gasteiger partial charge in [0.25, 0.3) is 0 Å². The van der Waals surface area contributed by atoms with Crippen LogP contribution in [0.5, 0.6) is 5.75 Å². The number of pyridine rings is 1. The Bertz CT molecular complexity index is 411. The van der Waals surface area contributed by atoms with E-state index in [4.69, 9.17) is 4.74 Å². The predicted molar refractivity (Wildman–Crippen MR) is 61.3 cm³/mol. The van der Waals surface area contributed by atoms with Gasteiger partial charge in [-0.2, -0.15) is 0 Å². The van der Waals surface area contributed by atoms with Crippen LogP contribution in [0.15, 0.2) is 36.5 Å². The summed E-state index contributed by atoms with van der Waals surface area (Å²) in [6.07, 6.45) is 1.77. The van der Waals surface area contributed by atoms with Gasteiger partial charge < -0.3 is 4.74 Å². The van der Waals surface area contributed by atoms with Crippen LogP contribution in [0.2, 0.25) is 0 Å². The monoisotopic (exact) mass is 285 g/mol. The van der Waals surface area contributed by atoms with E-state index in [2.05, 4.69) is 27.6 Å². The second-order valence-corrected chi connectivity index (χ2v) is 3.20. The van der Waals surface area contributed by atoms with Gasteiger partial charge in [-0.1, -0.05) is 12.1 Å². The van der Waals surface area contributed by atoms with Crippen molar-refractivity contribution in [2.45, 2.75) is 0 Å². The number of aromatic nitrogens is 1. The number of fused-ring (bicyclic) bond motifs is 1. The minimum atomic E-state index is 0.658. The molecule has 0 radical (unpaired) electrons. The summed E-state index contributed by atoms with van der Waals surface area (Å²) in [6, 6.07) is 9.85. The van der Waals surface area contributed by atoms with Gasteiger partial charge in [0.1, 0.15) is 10.4 Å². The van der Waals surface area contributed by atoms with Crippen LogP contribution < -0.4 is 4.74 Å². The van der Waals surface area contributed by atoms with Crippen LogP contribution in [0, 0.1) is 0 Å². The maximum atomic E-state index is 5.47. The Labute approximate surface area is 90.1 Å². The third kappa shape index (κ3) is 1.75. The second-order valence-electron chi connectivity index (χ2n) is 2.58. The number of benzene rings is 1. The molecule has 1 heterocycles. The molecule has 13 heavy (non-hydrogen) atoms. The molecule has 66 valence electrons. The van der Waals surface area contributed by atoms with Gasteiger partial charge in [0, 0.05) is 11.6 Å². The number of ether oxygens (including phenoxy) is 1. The molecule has 0 N–H and O–H groups in total. The van der Waals surface area contributed by atoms with Crippen LogP contribution in [0.1, 0.15) is 0 Å². The maximum Gasteiger partial charge on any atom is 0.139 e. The molecule has 0 bridgehead atoms. The van der Waals surface area contributed by atoms with Gasteiger partial charge in [-0.3, -0.25) is 4.98 Å². The van der Waals surface area contributed by atoms with Crippen LogP contribution in [-0.4, -0.2) is 9.60 Å². The molecule has 2 nitrogen and oxygen atoms in total. The molecule has 0 spiro atoms. The average Bonchev–Trinajstić information content (AvgIpc) is 2.19. The Kier molecular flexibility index (Phi) is 2.63. The zero-order chi connectivity index (χ0) is 9.10. The topological polar surface area (TPSA) is 22.1 Å². The third-order valence-electron chi connectivity index (χ3n) is 1.82. The first-order valence-corrected chi connectivity index (χ1v) is 5.47. The predicted octanol–water partition coefficient (Wildman–Crippen LogP) is 3.01. The summed E-state index contributed by atoms with van der Waals surface area (Å²) in [5.41, 5.74) is 0.977. The molecule has 2 rings (SSSR count).